The number of nitrogens with zero attached hydrogens (tertiary/aromatic N) is 1. The number of aryl methyl sites for hydroxylation is 2. The summed E-state index contributed by atoms with van der Waals surface area (Å²) in [4.78, 5) is 4.41. The van der Waals surface area contributed by atoms with E-state index in [0.29, 0.717) is 6.42 Å². The van der Waals surface area contributed by atoms with Crippen molar-refractivity contribution in [1.82, 2.24) is 4.98 Å². The number of hydrogen-bond acceptors (Lipinski definition) is 2. The predicted molar refractivity (Wildman–Crippen MR) is 69.9 cm³/mol. The molecule has 2 heteroatoms. The quantitative estimate of drug-likeness (QED) is 0.874. The van der Waals surface area contributed by atoms with Crippen molar-refractivity contribution in [2.75, 3.05) is 6.61 Å². The molecule has 0 radical (unpaired) electrons. The Bertz CT molecular complexity index is 520. The monoisotopic (exact) mass is 227 g/mol. The molecule has 0 fully saturated rings. The summed E-state index contributed by atoms with van der Waals surface area (Å²) in [5, 5.41) is 8.96. The highest BCUT2D eigenvalue weighted by atomic mass is 16.2. The standard InChI is InChI=1S/C15H17NO/c1-11-3-4-12(2)14(9-11)15-10-13(6-8-17)5-7-16-15/h3-5,7,9-10,17H,6,8H2,1-2H3. The normalized spacial score (nSPS) is 10.5. The lowest BCUT2D eigenvalue weighted by molar-refractivity contribution is 0.299. The Hall–Kier alpha value is -1.67. The van der Waals surface area contributed by atoms with E-state index in [-0.39, 0.29) is 6.61 Å². The minimum Gasteiger partial charge on any atom is -0.396 e. The van der Waals surface area contributed by atoms with E-state index in [4.69, 9.17) is 5.11 Å². The molecule has 0 saturated carbocycles. The zero-order valence-corrected chi connectivity index (χ0v) is 10.3. The van der Waals surface area contributed by atoms with Gasteiger partial charge >= 0.3 is 0 Å². The Labute approximate surface area is 102 Å². The highest BCUT2D eigenvalue weighted by molar-refractivity contribution is 5.64. The van der Waals surface area contributed by atoms with E-state index in [1.54, 1.807) is 0 Å². The highest BCUT2D eigenvalue weighted by Gasteiger charge is 2.04. The lowest BCUT2D eigenvalue weighted by Crippen LogP contribution is -1.94. The van der Waals surface area contributed by atoms with Gasteiger partial charge in [0.1, 0.15) is 0 Å². The van der Waals surface area contributed by atoms with Crippen LogP contribution in [0.25, 0.3) is 11.3 Å². The summed E-state index contributed by atoms with van der Waals surface area (Å²) in [5.41, 5.74) is 5.74. The van der Waals surface area contributed by atoms with Crippen LogP contribution in [0.4, 0.5) is 0 Å². The average Bonchev–Trinajstić information content (AvgIpc) is 2.33. The van der Waals surface area contributed by atoms with Crippen LogP contribution >= 0.6 is 0 Å². The van der Waals surface area contributed by atoms with Gasteiger partial charge in [0.2, 0.25) is 0 Å². The molecule has 0 aliphatic carbocycles. The number of aliphatic hydroxyl groups is 1. The van der Waals surface area contributed by atoms with Gasteiger partial charge in [0.05, 0.1) is 5.69 Å². The SMILES string of the molecule is Cc1ccc(C)c(-c2cc(CCO)ccn2)c1. The minimum absolute atomic E-state index is 0.177. The summed E-state index contributed by atoms with van der Waals surface area (Å²) in [5.74, 6) is 0. The number of rotatable bonds is 3. The summed E-state index contributed by atoms with van der Waals surface area (Å²) in [6.07, 6.45) is 2.49. The fourth-order valence-electron chi connectivity index (χ4n) is 1.92. The lowest BCUT2D eigenvalue weighted by Gasteiger charge is -2.08. The number of pyridine rings is 1. The van der Waals surface area contributed by atoms with E-state index < -0.39 is 0 Å². The Kier molecular flexibility index (Phi) is 3.55. The molecule has 2 aromatic rings. The van der Waals surface area contributed by atoms with Gasteiger partial charge < -0.3 is 5.11 Å². The smallest absolute Gasteiger partial charge is 0.0707 e. The first-order valence-corrected chi connectivity index (χ1v) is 5.84. The molecule has 0 saturated heterocycles. The topological polar surface area (TPSA) is 33.1 Å². The third kappa shape index (κ3) is 2.71. The molecule has 2 nitrogen and oxygen atoms in total. The van der Waals surface area contributed by atoms with Crippen molar-refractivity contribution in [2.24, 2.45) is 0 Å². The molecule has 0 aliphatic heterocycles. The van der Waals surface area contributed by atoms with E-state index in [2.05, 4.69) is 43.1 Å². The van der Waals surface area contributed by atoms with Gasteiger partial charge in [-0.15, -0.1) is 0 Å². The van der Waals surface area contributed by atoms with Gasteiger partial charge in [-0.05, 0) is 49.6 Å². The Morgan fingerprint density at radius 1 is 1.12 bits per heavy atom. The number of hydrogen-bond donors (Lipinski definition) is 1. The first kappa shape index (κ1) is 11.8. The number of aromatic nitrogens is 1. The first-order chi connectivity index (χ1) is 8.20. The molecule has 1 heterocycles. The van der Waals surface area contributed by atoms with Gasteiger partial charge in [-0.3, -0.25) is 4.98 Å². The second-order valence-corrected chi connectivity index (χ2v) is 4.34. The Morgan fingerprint density at radius 2 is 1.94 bits per heavy atom. The molecule has 0 amide bonds. The minimum atomic E-state index is 0.177. The van der Waals surface area contributed by atoms with Crippen LogP contribution < -0.4 is 0 Å². The summed E-state index contributed by atoms with van der Waals surface area (Å²) in [7, 11) is 0. The van der Waals surface area contributed by atoms with Gasteiger partial charge in [0.25, 0.3) is 0 Å². The van der Waals surface area contributed by atoms with Crippen molar-refractivity contribution >= 4 is 0 Å². The van der Waals surface area contributed by atoms with Crippen LogP contribution in [0.2, 0.25) is 0 Å². The highest BCUT2D eigenvalue weighted by Crippen LogP contribution is 2.23. The zero-order chi connectivity index (χ0) is 12.3. The second-order valence-electron chi connectivity index (χ2n) is 4.34. The summed E-state index contributed by atoms with van der Waals surface area (Å²) in [6.45, 7) is 4.35. The van der Waals surface area contributed by atoms with Crippen LogP contribution in [0.1, 0.15) is 16.7 Å². The molecule has 1 aromatic heterocycles. The van der Waals surface area contributed by atoms with E-state index in [1.165, 1.54) is 16.7 Å². The van der Waals surface area contributed by atoms with Crippen LogP contribution in [0.15, 0.2) is 36.5 Å². The van der Waals surface area contributed by atoms with E-state index in [0.717, 1.165) is 11.3 Å². The van der Waals surface area contributed by atoms with Crippen LogP contribution in [-0.4, -0.2) is 16.7 Å². The maximum Gasteiger partial charge on any atom is 0.0707 e. The maximum atomic E-state index is 8.96. The molecular formula is C15H17NO. The van der Waals surface area contributed by atoms with Crippen molar-refractivity contribution in [3.05, 3.63) is 53.2 Å². The van der Waals surface area contributed by atoms with Gasteiger partial charge in [-0.25, -0.2) is 0 Å². The third-order valence-corrected chi connectivity index (χ3v) is 2.89. The Balaban J connectivity index is 2.45. The van der Waals surface area contributed by atoms with E-state index in [9.17, 15) is 0 Å². The van der Waals surface area contributed by atoms with Crippen molar-refractivity contribution < 1.29 is 5.11 Å². The second kappa shape index (κ2) is 5.11. The largest absolute Gasteiger partial charge is 0.396 e. The van der Waals surface area contributed by atoms with Crippen molar-refractivity contribution in [3.63, 3.8) is 0 Å². The molecule has 0 atom stereocenters. The van der Waals surface area contributed by atoms with Crippen molar-refractivity contribution in [1.29, 1.82) is 0 Å². The third-order valence-electron chi connectivity index (χ3n) is 2.89. The number of benzene rings is 1. The molecule has 0 unspecified atom stereocenters. The number of aliphatic hydroxyl groups excluding tert-OH is 1. The molecule has 17 heavy (non-hydrogen) atoms. The van der Waals surface area contributed by atoms with E-state index >= 15 is 0 Å². The summed E-state index contributed by atoms with van der Waals surface area (Å²) < 4.78 is 0. The fraction of sp³-hybridized carbons (Fsp3) is 0.267. The molecular weight excluding hydrogens is 210 g/mol. The van der Waals surface area contributed by atoms with Gasteiger partial charge in [0.15, 0.2) is 0 Å². The van der Waals surface area contributed by atoms with Crippen molar-refractivity contribution in [2.45, 2.75) is 20.3 Å². The molecule has 2 rings (SSSR count). The average molecular weight is 227 g/mol. The molecule has 1 N–H and O–H groups in total. The van der Waals surface area contributed by atoms with Crippen LogP contribution in [-0.2, 0) is 6.42 Å². The van der Waals surface area contributed by atoms with Gasteiger partial charge in [-0.2, -0.15) is 0 Å². The Morgan fingerprint density at radius 3 is 2.71 bits per heavy atom. The summed E-state index contributed by atoms with van der Waals surface area (Å²) in [6, 6.07) is 10.4. The molecule has 0 spiro atoms. The maximum absolute atomic E-state index is 8.96. The molecule has 0 aliphatic rings. The molecule has 1 aromatic carbocycles. The zero-order valence-electron chi connectivity index (χ0n) is 10.3. The van der Waals surface area contributed by atoms with Crippen molar-refractivity contribution in [3.8, 4) is 11.3 Å². The lowest BCUT2D eigenvalue weighted by atomic mass is 10.0. The van der Waals surface area contributed by atoms with Gasteiger partial charge in [-0.1, -0.05) is 17.7 Å². The molecule has 0 bridgehead atoms. The first-order valence-electron chi connectivity index (χ1n) is 5.84. The van der Waals surface area contributed by atoms with Crippen LogP contribution in [0, 0.1) is 13.8 Å². The van der Waals surface area contributed by atoms with Gasteiger partial charge in [0, 0.05) is 18.4 Å². The summed E-state index contributed by atoms with van der Waals surface area (Å²) >= 11 is 0. The van der Waals surface area contributed by atoms with E-state index in [1.807, 2.05) is 12.3 Å². The fourth-order valence-corrected chi connectivity index (χ4v) is 1.92. The van der Waals surface area contributed by atoms with Crippen LogP contribution in [0.5, 0.6) is 0 Å². The molecule has 88 valence electrons. The predicted octanol–water partition coefficient (Wildman–Crippen LogP) is 2.90. The van der Waals surface area contributed by atoms with Crippen LogP contribution in [0.3, 0.4) is 0 Å².